The van der Waals surface area contributed by atoms with Gasteiger partial charge < -0.3 is 14.9 Å². The van der Waals surface area contributed by atoms with Gasteiger partial charge in [0.15, 0.2) is 23.1 Å². The third-order valence-corrected chi connectivity index (χ3v) is 3.20. The third-order valence-electron chi connectivity index (χ3n) is 2.51. The van der Waals surface area contributed by atoms with Crippen molar-refractivity contribution in [2.75, 3.05) is 6.61 Å². The summed E-state index contributed by atoms with van der Waals surface area (Å²) in [6, 6.07) is 6.52. The van der Waals surface area contributed by atoms with Crippen molar-refractivity contribution in [3.05, 3.63) is 40.5 Å². The highest BCUT2D eigenvalue weighted by Crippen LogP contribution is 2.34. The van der Waals surface area contributed by atoms with E-state index in [1.807, 2.05) is 6.92 Å². The fraction of sp³-hybridized carbons (Fsp3) is 0.143. The number of rotatable bonds is 4. The van der Waals surface area contributed by atoms with E-state index in [4.69, 9.17) is 4.74 Å². The van der Waals surface area contributed by atoms with E-state index >= 15 is 0 Å². The fourth-order valence-corrected chi connectivity index (χ4v) is 1.99. The fourth-order valence-electron chi connectivity index (χ4n) is 1.57. The number of phenols is 1. The Balaban J connectivity index is 2.38. The smallest absolute Gasteiger partial charge is 0.194 e. The van der Waals surface area contributed by atoms with E-state index < -0.39 is 0 Å². The van der Waals surface area contributed by atoms with Crippen molar-refractivity contribution in [2.24, 2.45) is 4.99 Å². The molecule has 0 radical (unpaired) electrons. The largest absolute Gasteiger partial charge is 0.504 e. The second-order valence-corrected chi connectivity index (χ2v) is 4.70. The summed E-state index contributed by atoms with van der Waals surface area (Å²) in [4.78, 5) is 8.00. The Kier molecular flexibility index (Phi) is 4.57. The number of aromatic nitrogens is 1. The van der Waals surface area contributed by atoms with Crippen LogP contribution in [0.25, 0.3) is 0 Å². The van der Waals surface area contributed by atoms with E-state index in [9.17, 15) is 10.2 Å². The van der Waals surface area contributed by atoms with Crippen LogP contribution < -0.4 is 4.74 Å². The van der Waals surface area contributed by atoms with Crippen molar-refractivity contribution in [1.82, 2.24) is 4.98 Å². The number of halogens is 1. The first-order valence-electron chi connectivity index (χ1n) is 5.95. The Bertz CT molecular complexity index is 644. The van der Waals surface area contributed by atoms with Crippen molar-refractivity contribution in [1.29, 1.82) is 0 Å². The van der Waals surface area contributed by atoms with Crippen LogP contribution in [0.4, 0.5) is 5.82 Å². The lowest BCUT2D eigenvalue weighted by Crippen LogP contribution is -1.94. The Morgan fingerprint density at radius 2 is 2.15 bits per heavy atom. The number of phenolic OH excluding ortho intramolecular Hbond substituents is 1. The molecule has 104 valence electrons. The highest BCUT2D eigenvalue weighted by molar-refractivity contribution is 9.10. The molecule has 0 fully saturated rings. The van der Waals surface area contributed by atoms with Crippen molar-refractivity contribution in [2.45, 2.75) is 6.92 Å². The summed E-state index contributed by atoms with van der Waals surface area (Å²) in [5, 5.41) is 19.7. The third kappa shape index (κ3) is 3.08. The number of hydrogen-bond acceptors (Lipinski definition) is 5. The van der Waals surface area contributed by atoms with E-state index in [2.05, 4.69) is 25.9 Å². The summed E-state index contributed by atoms with van der Waals surface area (Å²) >= 11 is 3.33. The van der Waals surface area contributed by atoms with Crippen molar-refractivity contribution in [3.63, 3.8) is 0 Å². The minimum absolute atomic E-state index is 0.0135. The van der Waals surface area contributed by atoms with Gasteiger partial charge in [0.2, 0.25) is 0 Å². The minimum Gasteiger partial charge on any atom is -0.504 e. The maximum absolute atomic E-state index is 10.1. The maximum Gasteiger partial charge on any atom is 0.194 e. The molecule has 2 rings (SSSR count). The molecule has 0 aliphatic heterocycles. The molecule has 0 amide bonds. The predicted molar refractivity (Wildman–Crippen MR) is 80.1 cm³/mol. The van der Waals surface area contributed by atoms with Gasteiger partial charge in [-0.15, -0.1) is 0 Å². The number of ether oxygens (including phenoxy) is 1. The molecule has 0 aliphatic carbocycles. The van der Waals surface area contributed by atoms with Crippen LogP contribution in [0.3, 0.4) is 0 Å². The van der Waals surface area contributed by atoms with Crippen LogP contribution in [0.1, 0.15) is 12.5 Å². The van der Waals surface area contributed by atoms with Gasteiger partial charge in [-0.3, -0.25) is 0 Å². The molecule has 6 heteroatoms. The summed E-state index contributed by atoms with van der Waals surface area (Å²) in [5.41, 5.74) is 0.459. The van der Waals surface area contributed by atoms with E-state index in [0.717, 1.165) is 0 Å². The Morgan fingerprint density at radius 3 is 2.85 bits per heavy atom. The lowest BCUT2D eigenvalue weighted by Gasteiger charge is -2.09. The molecule has 0 spiro atoms. The second kappa shape index (κ2) is 6.38. The molecule has 0 bridgehead atoms. The molecule has 5 nitrogen and oxygen atoms in total. The van der Waals surface area contributed by atoms with Gasteiger partial charge >= 0.3 is 0 Å². The molecule has 1 aromatic heterocycles. The molecular weight excluding hydrogens is 324 g/mol. The van der Waals surface area contributed by atoms with Crippen molar-refractivity contribution >= 4 is 28.0 Å². The molecule has 20 heavy (non-hydrogen) atoms. The maximum atomic E-state index is 10.1. The second-order valence-electron chi connectivity index (χ2n) is 3.85. The average molecular weight is 337 g/mol. The highest BCUT2D eigenvalue weighted by Gasteiger charge is 2.10. The molecule has 0 atom stereocenters. The molecule has 0 unspecified atom stereocenters. The van der Waals surface area contributed by atoms with Crippen LogP contribution in [0.2, 0.25) is 0 Å². The standard InChI is InChI=1S/C14H13BrN2O3/c1-2-20-12-6-5-10(15)9(13(12)19)8-17-14-11(18)4-3-7-16-14/h3-8,18-19H,2H2,1H3. The molecular formula is C14H13BrN2O3. The summed E-state index contributed by atoms with van der Waals surface area (Å²) in [5.74, 6) is 0.517. The first kappa shape index (κ1) is 14.3. The van der Waals surface area contributed by atoms with Crippen LogP contribution in [0.5, 0.6) is 17.2 Å². The van der Waals surface area contributed by atoms with Gasteiger partial charge in [0, 0.05) is 16.9 Å². The van der Waals surface area contributed by atoms with Gasteiger partial charge in [-0.25, -0.2) is 9.98 Å². The van der Waals surface area contributed by atoms with Crippen LogP contribution in [-0.4, -0.2) is 28.0 Å². The van der Waals surface area contributed by atoms with Crippen LogP contribution in [0, 0.1) is 0 Å². The van der Waals surface area contributed by atoms with Gasteiger partial charge in [0.25, 0.3) is 0 Å². The SMILES string of the molecule is CCOc1ccc(Br)c(C=Nc2ncccc2O)c1O. The average Bonchev–Trinajstić information content (AvgIpc) is 2.44. The number of aliphatic imine (C=N–C) groups is 1. The number of nitrogens with zero attached hydrogens (tertiary/aromatic N) is 2. The number of benzene rings is 1. The molecule has 1 heterocycles. The first-order valence-corrected chi connectivity index (χ1v) is 6.75. The van der Waals surface area contributed by atoms with Gasteiger partial charge in [-0.1, -0.05) is 0 Å². The Labute approximate surface area is 124 Å². The summed E-state index contributed by atoms with van der Waals surface area (Å²) in [6.07, 6.45) is 2.95. The van der Waals surface area contributed by atoms with Gasteiger partial charge in [0.1, 0.15) is 0 Å². The Hall–Kier alpha value is -2.08. The zero-order valence-corrected chi connectivity index (χ0v) is 12.3. The molecule has 0 saturated carbocycles. The molecule has 2 aromatic rings. The monoisotopic (exact) mass is 336 g/mol. The predicted octanol–water partition coefficient (Wildman–Crippen LogP) is 3.40. The molecule has 0 aliphatic rings. The minimum atomic E-state index is -0.0275. The summed E-state index contributed by atoms with van der Waals surface area (Å²) < 4.78 is 5.98. The quantitative estimate of drug-likeness (QED) is 0.839. The lowest BCUT2D eigenvalue weighted by molar-refractivity contribution is 0.318. The molecule has 1 aromatic carbocycles. The van der Waals surface area contributed by atoms with Crippen molar-refractivity contribution < 1.29 is 14.9 Å². The normalized spacial score (nSPS) is 10.9. The van der Waals surface area contributed by atoms with Gasteiger partial charge in [-0.2, -0.15) is 0 Å². The van der Waals surface area contributed by atoms with E-state index in [-0.39, 0.29) is 17.3 Å². The summed E-state index contributed by atoms with van der Waals surface area (Å²) in [6.45, 7) is 2.29. The highest BCUT2D eigenvalue weighted by atomic mass is 79.9. The van der Waals surface area contributed by atoms with Gasteiger partial charge in [-0.05, 0) is 47.1 Å². The van der Waals surface area contributed by atoms with E-state index in [0.29, 0.717) is 22.4 Å². The molecule has 0 saturated heterocycles. The Morgan fingerprint density at radius 1 is 1.35 bits per heavy atom. The van der Waals surface area contributed by atoms with Gasteiger partial charge in [0.05, 0.1) is 12.2 Å². The van der Waals surface area contributed by atoms with Crippen LogP contribution >= 0.6 is 15.9 Å². The zero-order valence-electron chi connectivity index (χ0n) is 10.7. The number of hydrogen-bond donors (Lipinski definition) is 2. The van der Waals surface area contributed by atoms with E-state index in [1.54, 1.807) is 18.2 Å². The topological polar surface area (TPSA) is 74.9 Å². The summed E-state index contributed by atoms with van der Waals surface area (Å²) in [7, 11) is 0. The number of pyridine rings is 1. The lowest BCUT2D eigenvalue weighted by atomic mass is 10.2. The number of aromatic hydroxyl groups is 2. The zero-order chi connectivity index (χ0) is 14.5. The van der Waals surface area contributed by atoms with E-state index in [1.165, 1.54) is 18.5 Å². The molecule has 2 N–H and O–H groups in total. The first-order chi connectivity index (χ1) is 9.63. The van der Waals surface area contributed by atoms with Crippen molar-refractivity contribution in [3.8, 4) is 17.2 Å². The van der Waals surface area contributed by atoms with Crippen LogP contribution in [0.15, 0.2) is 39.9 Å². The van der Waals surface area contributed by atoms with Crippen LogP contribution in [-0.2, 0) is 0 Å².